The topological polar surface area (TPSA) is 97.0 Å². The molecule has 1 amide bonds. The van der Waals surface area contributed by atoms with Crippen LogP contribution >= 0.6 is 0 Å². The molecule has 0 unspecified atom stereocenters. The predicted octanol–water partition coefficient (Wildman–Crippen LogP) is 2.72. The van der Waals surface area contributed by atoms with E-state index in [1.165, 1.54) is 29.2 Å². The summed E-state index contributed by atoms with van der Waals surface area (Å²) in [6.45, 7) is 5.43. The molecule has 2 aromatic carbocycles. The van der Waals surface area contributed by atoms with Gasteiger partial charge in [-0.3, -0.25) is 9.52 Å². The Kier molecular flexibility index (Phi) is 7.93. The zero-order valence-corrected chi connectivity index (χ0v) is 20.0. The normalized spacial score (nSPS) is 22.5. The van der Waals surface area contributed by atoms with Crippen molar-refractivity contribution in [3.05, 3.63) is 53.8 Å². The lowest BCUT2D eigenvalue weighted by atomic mass is 10.0. The van der Waals surface area contributed by atoms with Gasteiger partial charge in [0.2, 0.25) is 0 Å². The second kappa shape index (κ2) is 10.5. The van der Waals surface area contributed by atoms with E-state index in [-0.39, 0.29) is 40.1 Å². The molecule has 1 aliphatic heterocycles. The first-order chi connectivity index (χ1) is 15.6. The van der Waals surface area contributed by atoms with Gasteiger partial charge < -0.3 is 19.7 Å². The molecule has 1 heterocycles. The number of nitrogens with one attached hydrogen (secondary N) is 2. The molecule has 0 radical (unpaired) electrons. The minimum atomic E-state index is -3.97. The first-order valence-electron chi connectivity index (χ1n) is 10.7. The highest BCUT2D eigenvalue weighted by Crippen LogP contribution is 2.27. The molecule has 0 aliphatic carbocycles. The number of sulfonamides is 1. The number of fused-ring (bicyclic) bond motifs is 1. The molecule has 33 heavy (non-hydrogen) atoms. The standard InChI is InChI=1S/C23H30FN3O5S/c1-15-12-25-16(2)14-32-21-10-7-18(11-20(21)23(28)27(3)13-22(15)31-4)26-33(29,30)19-8-5-17(24)6-9-19/h5-11,15-16,22,25-26H,12-14H2,1-4H3/t15-,16-,22+/m0/s1. The highest BCUT2D eigenvalue weighted by Gasteiger charge is 2.26. The number of benzene rings is 2. The molecule has 180 valence electrons. The van der Waals surface area contributed by atoms with Crippen LogP contribution in [-0.2, 0) is 14.8 Å². The Labute approximate surface area is 194 Å². The van der Waals surface area contributed by atoms with Crippen LogP contribution in [0.25, 0.3) is 0 Å². The number of amides is 1. The number of likely N-dealkylation sites (N-methyl/N-ethyl adjacent to an activating group) is 1. The summed E-state index contributed by atoms with van der Waals surface area (Å²) in [4.78, 5) is 14.7. The van der Waals surface area contributed by atoms with Crippen molar-refractivity contribution in [2.75, 3.05) is 38.6 Å². The number of hydrogen-bond acceptors (Lipinski definition) is 6. The molecular formula is C23H30FN3O5S. The Bertz CT molecular complexity index is 1080. The van der Waals surface area contributed by atoms with Crippen molar-refractivity contribution < 1.29 is 27.1 Å². The molecule has 10 heteroatoms. The van der Waals surface area contributed by atoms with Crippen molar-refractivity contribution in [1.82, 2.24) is 10.2 Å². The Morgan fingerprint density at radius 2 is 1.88 bits per heavy atom. The third kappa shape index (κ3) is 6.21. The van der Waals surface area contributed by atoms with Crippen LogP contribution in [0, 0.1) is 11.7 Å². The molecule has 0 saturated heterocycles. The van der Waals surface area contributed by atoms with Gasteiger partial charge in [0.05, 0.1) is 16.6 Å². The highest BCUT2D eigenvalue weighted by atomic mass is 32.2. The Morgan fingerprint density at radius 1 is 1.18 bits per heavy atom. The molecule has 0 aromatic heterocycles. The Hall–Kier alpha value is -2.69. The Morgan fingerprint density at radius 3 is 2.55 bits per heavy atom. The lowest BCUT2D eigenvalue weighted by molar-refractivity contribution is 0.0281. The van der Waals surface area contributed by atoms with Gasteiger partial charge >= 0.3 is 0 Å². The quantitative estimate of drug-likeness (QED) is 0.700. The molecule has 2 aromatic rings. The van der Waals surface area contributed by atoms with Gasteiger partial charge in [0.25, 0.3) is 15.9 Å². The van der Waals surface area contributed by atoms with Crippen molar-refractivity contribution >= 4 is 21.6 Å². The fourth-order valence-corrected chi connectivity index (χ4v) is 4.60. The van der Waals surface area contributed by atoms with Gasteiger partial charge in [0.15, 0.2) is 0 Å². The molecule has 1 aliphatic rings. The van der Waals surface area contributed by atoms with Crippen molar-refractivity contribution in [3.63, 3.8) is 0 Å². The van der Waals surface area contributed by atoms with Crippen molar-refractivity contribution in [2.24, 2.45) is 5.92 Å². The summed E-state index contributed by atoms with van der Waals surface area (Å²) in [5.74, 6) is -0.344. The molecule has 2 N–H and O–H groups in total. The summed E-state index contributed by atoms with van der Waals surface area (Å²) in [6.07, 6.45) is -0.178. The maximum atomic E-state index is 13.3. The number of ether oxygens (including phenoxy) is 2. The van der Waals surface area contributed by atoms with Crippen LogP contribution in [0.1, 0.15) is 24.2 Å². The molecule has 0 saturated carbocycles. The molecule has 3 rings (SSSR count). The largest absolute Gasteiger partial charge is 0.491 e. The van der Waals surface area contributed by atoms with Gasteiger partial charge in [-0.2, -0.15) is 0 Å². The summed E-state index contributed by atoms with van der Waals surface area (Å²) in [5.41, 5.74) is 0.422. The smallest absolute Gasteiger partial charge is 0.261 e. The molecule has 8 nitrogen and oxygen atoms in total. The number of carbonyl (C=O) groups excluding carboxylic acids is 1. The minimum Gasteiger partial charge on any atom is -0.491 e. The van der Waals surface area contributed by atoms with Crippen molar-refractivity contribution in [1.29, 1.82) is 0 Å². The van der Waals surface area contributed by atoms with Crippen molar-refractivity contribution in [3.8, 4) is 5.75 Å². The summed E-state index contributed by atoms with van der Waals surface area (Å²) >= 11 is 0. The van der Waals surface area contributed by atoms with Crippen molar-refractivity contribution in [2.45, 2.75) is 30.9 Å². The highest BCUT2D eigenvalue weighted by molar-refractivity contribution is 7.92. The summed E-state index contributed by atoms with van der Waals surface area (Å²) in [6, 6.07) is 9.06. The SMILES string of the molecule is CO[C@@H]1CN(C)C(=O)c2cc(NS(=O)(=O)c3ccc(F)cc3)ccc2OC[C@H](C)NC[C@@H]1C. The monoisotopic (exact) mass is 479 g/mol. The Balaban J connectivity index is 1.93. The van der Waals surface area contributed by atoms with Crippen LogP contribution in [0.3, 0.4) is 0 Å². The minimum absolute atomic E-state index is 0.0294. The lowest BCUT2D eigenvalue weighted by Gasteiger charge is -2.30. The zero-order chi connectivity index (χ0) is 24.2. The van der Waals surface area contributed by atoms with E-state index >= 15 is 0 Å². The molecule has 0 spiro atoms. The van der Waals surface area contributed by atoms with Crippen LogP contribution in [0.5, 0.6) is 5.75 Å². The average molecular weight is 480 g/mol. The van der Waals surface area contributed by atoms with E-state index in [4.69, 9.17) is 9.47 Å². The van der Waals surface area contributed by atoms with Crippen LogP contribution in [0.2, 0.25) is 0 Å². The van der Waals surface area contributed by atoms with E-state index in [1.807, 2.05) is 6.92 Å². The van der Waals surface area contributed by atoms with Crippen LogP contribution in [0.15, 0.2) is 47.4 Å². The number of halogens is 1. The van der Waals surface area contributed by atoms with E-state index < -0.39 is 15.8 Å². The fraction of sp³-hybridized carbons (Fsp3) is 0.435. The fourth-order valence-electron chi connectivity index (χ4n) is 3.55. The van der Waals surface area contributed by atoms with Gasteiger partial charge in [-0.15, -0.1) is 0 Å². The van der Waals surface area contributed by atoms with Gasteiger partial charge in [0.1, 0.15) is 18.2 Å². The molecule has 0 fully saturated rings. The third-order valence-electron chi connectivity index (χ3n) is 5.60. The van der Waals surface area contributed by atoms with Crippen LogP contribution in [-0.4, -0.2) is 65.2 Å². The van der Waals surface area contributed by atoms with E-state index in [2.05, 4.69) is 17.0 Å². The van der Waals surface area contributed by atoms with E-state index in [9.17, 15) is 17.6 Å². The summed E-state index contributed by atoms with van der Waals surface area (Å²) in [7, 11) is -0.681. The third-order valence-corrected chi connectivity index (χ3v) is 7.00. The maximum absolute atomic E-state index is 13.3. The van der Waals surface area contributed by atoms with Crippen LogP contribution in [0.4, 0.5) is 10.1 Å². The van der Waals surface area contributed by atoms with Gasteiger partial charge in [-0.1, -0.05) is 6.92 Å². The second-order valence-corrected chi connectivity index (χ2v) is 10.0. The van der Waals surface area contributed by atoms with Gasteiger partial charge in [0, 0.05) is 39.0 Å². The number of anilines is 1. The lowest BCUT2D eigenvalue weighted by Crippen LogP contribution is -2.44. The van der Waals surface area contributed by atoms with E-state index in [0.717, 1.165) is 12.1 Å². The number of rotatable bonds is 4. The first-order valence-corrected chi connectivity index (χ1v) is 12.2. The number of methoxy groups -OCH3 is 1. The number of hydrogen-bond donors (Lipinski definition) is 2. The van der Waals surface area contributed by atoms with Gasteiger partial charge in [-0.05, 0) is 55.3 Å². The predicted molar refractivity (Wildman–Crippen MR) is 124 cm³/mol. The summed E-state index contributed by atoms with van der Waals surface area (Å²) in [5, 5.41) is 3.41. The number of nitrogens with zero attached hydrogens (tertiary/aromatic N) is 1. The molecule has 3 atom stereocenters. The molecular weight excluding hydrogens is 449 g/mol. The number of carbonyl (C=O) groups is 1. The van der Waals surface area contributed by atoms with Gasteiger partial charge in [-0.25, -0.2) is 12.8 Å². The zero-order valence-electron chi connectivity index (χ0n) is 19.2. The molecule has 0 bridgehead atoms. The van der Waals surface area contributed by atoms with E-state index in [0.29, 0.717) is 25.4 Å². The average Bonchev–Trinajstić information content (AvgIpc) is 2.78. The summed E-state index contributed by atoms with van der Waals surface area (Å²) < 4.78 is 52.6. The maximum Gasteiger partial charge on any atom is 0.261 e. The second-order valence-electron chi connectivity index (χ2n) is 8.33. The van der Waals surface area contributed by atoms with E-state index in [1.54, 1.807) is 20.2 Å². The first kappa shape index (κ1) is 24.9. The van der Waals surface area contributed by atoms with Crippen LogP contribution < -0.4 is 14.8 Å².